The fraction of sp³-hybridized carbons (Fsp3) is 0.458. The number of carbonyl (C=O) groups excluding carboxylic acids is 1. The highest BCUT2D eigenvalue weighted by atomic mass is 16.5. The molecule has 1 aliphatic heterocycles. The molecule has 5 rings (SSSR count). The molecule has 2 aromatic heterocycles. The van der Waals surface area contributed by atoms with Crippen molar-refractivity contribution in [2.75, 3.05) is 31.6 Å². The second kappa shape index (κ2) is 8.40. The quantitative estimate of drug-likeness (QED) is 0.699. The van der Waals surface area contributed by atoms with Gasteiger partial charge in [-0.3, -0.25) is 9.69 Å². The third-order valence-electron chi connectivity index (χ3n) is 6.80. The molecule has 1 amide bonds. The molecule has 1 saturated carbocycles. The number of fused-ring (bicyclic) bond motifs is 1. The molecule has 1 N–H and O–H groups in total. The zero-order valence-electron chi connectivity index (χ0n) is 18.0. The summed E-state index contributed by atoms with van der Waals surface area (Å²) in [7, 11) is 1.99. The van der Waals surface area contributed by atoms with Gasteiger partial charge in [0.25, 0.3) is 0 Å². The van der Waals surface area contributed by atoms with E-state index in [0.29, 0.717) is 19.0 Å². The van der Waals surface area contributed by atoms with Gasteiger partial charge in [0.05, 0.1) is 31.4 Å². The van der Waals surface area contributed by atoms with Crippen LogP contribution in [0.4, 0.5) is 5.82 Å². The number of benzene rings is 1. The van der Waals surface area contributed by atoms with Gasteiger partial charge in [0.2, 0.25) is 5.91 Å². The van der Waals surface area contributed by atoms with Crippen molar-refractivity contribution in [3.05, 3.63) is 43.0 Å². The van der Waals surface area contributed by atoms with E-state index in [4.69, 9.17) is 4.74 Å². The first-order valence-electron chi connectivity index (χ1n) is 11.2. The molecule has 1 aromatic carbocycles. The molecule has 2 fully saturated rings. The lowest BCUT2D eigenvalue weighted by molar-refractivity contribution is -0.134. The molecule has 1 saturated heterocycles. The fourth-order valence-electron chi connectivity index (χ4n) is 5.05. The molecule has 0 bridgehead atoms. The predicted molar refractivity (Wildman–Crippen MR) is 121 cm³/mol. The van der Waals surface area contributed by atoms with Crippen molar-refractivity contribution in [2.24, 2.45) is 7.05 Å². The van der Waals surface area contributed by atoms with Crippen molar-refractivity contribution < 1.29 is 9.53 Å². The van der Waals surface area contributed by atoms with E-state index in [9.17, 15) is 4.79 Å². The summed E-state index contributed by atoms with van der Waals surface area (Å²) in [6.45, 7) is 3.01. The van der Waals surface area contributed by atoms with E-state index >= 15 is 0 Å². The normalized spacial score (nSPS) is 19.4. The van der Waals surface area contributed by atoms with E-state index in [1.54, 1.807) is 6.33 Å². The number of aromatic nitrogens is 3. The molecule has 0 atom stereocenters. The van der Waals surface area contributed by atoms with Crippen LogP contribution < -0.4 is 5.32 Å². The van der Waals surface area contributed by atoms with Crippen molar-refractivity contribution >= 4 is 22.5 Å². The first-order chi connectivity index (χ1) is 15.2. The molecule has 7 nitrogen and oxygen atoms in total. The second-order valence-electron chi connectivity index (χ2n) is 8.67. The maximum absolute atomic E-state index is 13.6. The number of nitrogens with one attached hydrogen (secondary N) is 1. The number of ether oxygens (including phenoxy) is 1. The van der Waals surface area contributed by atoms with Crippen LogP contribution >= 0.6 is 0 Å². The average Bonchev–Trinajstić information content (AvgIpc) is 3.25. The van der Waals surface area contributed by atoms with Crippen LogP contribution in [0.5, 0.6) is 0 Å². The zero-order valence-corrected chi connectivity index (χ0v) is 18.0. The summed E-state index contributed by atoms with van der Waals surface area (Å²) in [5.74, 6) is 0.682. The van der Waals surface area contributed by atoms with Crippen LogP contribution in [0.2, 0.25) is 0 Å². The van der Waals surface area contributed by atoms with Gasteiger partial charge in [-0.1, -0.05) is 31.4 Å². The number of nitrogens with zero attached hydrogens (tertiary/aromatic N) is 4. The number of hydrogen-bond acceptors (Lipinski definition) is 5. The molecule has 1 aliphatic carbocycles. The smallest absolute Gasteiger partial charge is 0.246 e. The van der Waals surface area contributed by atoms with E-state index in [0.717, 1.165) is 60.8 Å². The number of hydrogen-bond donors (Lipinski definition) is 1. The van der Waals surface area contributed by atoms with Gasteiger partial charge in [-0.05, 0) is 30.4 Å². The van der Waals surface area contributed by atoms with Gasteiger partial charge < -0.3 is 14.6 Å². The van der Waals surface area contributed by atoms with Gasteiger partial charge >= 0.3 is 0 Å². The van der Waals surface area contributed by atoms with Crippen LogP contribution in [-0.4, -0.2) is 57.2 Å². The first-order valence-corrected chi connectivity index (χ1v) is 11.2. The number of aryl methyl sites for hydroxylation is 1. The van der Waals surface area contributed by atoms with E-state index < -0.39 is 5.54 Å². The lowest BCUT2D eigenvalue weighted by atomic mass is 9.79. The minimum absolute atomic E-state index is 0.0729. The Morgan fingerprint density at radius 2 is 1.87 bits per heavy atom. The minimum Gasteiger partial charge on any atom is -0.379 e. The maximum Gasteiger partial charge on any atom is 0.246 e. The second-order valence-corrected chi connectivity index (χ2v) is 8.67. The predicted octanol–water partition coefficient (Wildman–Crippen LogP) is 3.61. The van der Waals surface area contributed by atoms with Crippen molar-refractivity contribution in [1.29, 1.82) is 0 Å². The third-order valence-corrected chi connectivity index (χ3v) is 6.80. The van der Waals surface area contributed by atoms with Crippen LogP contribution in [-0.2, 0) is 16.6 Å². The monoisotopic (exact) mass is 419 g/mol. The Morgan fingerprint density at radius 3 is 2.61 bits per heavy atom. The van der Waals surface area contributed by atoms with Gasteiger partial charge in [0.1, 0.15) is 11.4 Å². The van der Waals surface area contributed by atoms with Crippen molar-refractivity contribution in [2.45, 2.75) is 37.6 Å². The Bertz CT molecular complexity index is 1080. The van der Waals surface area contributed by atoms with Gasteiger partial charge in [0.15, 0.2) is 0 Å². The average molecular weight is 420 g/mol. The molecular weight excluding hydrogens is 390 g/mol. The van der Waals surface area contributed by atoms with Gasteiger partial charge in [-0.25, -0.2) is 9.97 Å². The Morgan fingerprint density at radius 1 is 1.06 bits per heavy atom. The number of imidazole rings is 1. The summed E-state index contributed by atoms with van der Waals surface area (Å²) >= 11 is 0. The minimum atomic E-state index is -0.449. The standard InChI is InChI=1S/C24H29N5O2/c1-28-17-25-16-21(28)18-5-6-19-15-26-22(14-20(19)13-18)27-23(30)24(7-3-2-4-8-24)29-9-11-31-12-10-29/h5-6,13-17H,2-4,7-12H2,1H3,(H,26,27,30). The van der Waals surface area contributed by atoms with Crippen LogP contribution in [0.3, 0.4) is 0 Å². The van der Waals surface area contributed by atoms with Crippen molar-refractivity contribution in [1.82, 2.24) is 19.4 Å². The van der Waals surface area contributed by atoms with Crippen molar-refractivity contribution in [3.8, 4) is 11.3 Å². The van der Waals surface area contributed by atoms with Crippen LogP contribution in [0.25, 0.3) is 22.0 Å². The van der Waals surface area contributed by atoms with E-state index in [1.807, 2.05) is 30.1 Å². The Labute approximate surface area is 182 Å². The molecule has 3 aromatic rings. The molecule has 162 valence electrons. The first kappa shape index (κ1) is 20.2. The summed E-state index contributed by atoms with van der Waals surface area (Å²) in [6, 6.07) is 8.24. The van der Waals surface area contributed by atoms with Crippen molar-refractivity contribution in [3.63, 3.8) is 0 Å². The molecule has 2 aliphatic rings. The van der Waals surface area contributed by atoms with Crippen LogP contribution in [0.15, 0.2) is 43.0 Å². The molecular formula is C24H29N5O2. The number of amides is 1. The number of rotatable bonds is 4. The van der Waals surface area contributed by atoms with Gasteiger partial charge in [-0.15, -0.1) is 0 Å². The van der Waals surface area contributed by atoms with Gasteiger partial charge in [-0.2, -0.15) is 0 Å². The Kier molecular flexibility index (Phi) is 5.46. The SMILES string of the molecule is Cn1cncc1-c1ccc2cnc(NC(=O)C3(N4CCOCC4)CCCCC3)cc2c1. The molecule has 31 heavy (non-hydrogen) atoms. The van der Waals surface area contributed by atoms with Crippen LogP contribution in [0, 0.1) is 0 Å². The van der Waals surface area contributed by atoms with Gasteiger partial charge in [0, 0.05) is 37.3 Å². The fourth-order valence-corrected chi connectivity index (χ4v) is 5.05. The lowest BCUT2D eigenvalue weighted by Crippen LogP contribution is -2.60. The number of morpholine rings is 1. The Balaban J connectivity index is 1.43. The Hall–Kier alpha value is -2.77. The number of carbonyl (C=O) groups is 1. The molecule has 3 heterocycles. The number of pyridine rings is 1. The lowest BCUT2D eigenvalue weighted by Gasteiger charge is -2.46. The largest absolute Gasteiger partial charge is 0.379 e. The summed E-state index contributed by atoms with van der Waals surface area (Å²) in [6.07, 6.45) is 10.7. The maximum atomic E-state index is 13.6. The highest BCUT2D eigenvalue weighted by Gasteiger charge is 2.45. The molecule has 0 unspecified atom stereocenters. The topological polar surface area (TPSA) is 72.3 Å². The van der Waals surface area contributed by atoms with E-state index in [1.165, 1.54) is 6.42 Å². The highest BCUT2D eigenvalue weighted by Crippen LogP contribution is 2.35. The highest BCUT2D eigenvalue weighted by molar-refractivity contribution is 5.99. The zero-order chi connectivity index (χ0) is 21.3. The summed E-state index contributed by atoms with van der Waals surface area (Å²) < 4.78 is 7.54. The summed E-state index contributed by atoms with van der Waals surface area (Å²) in [5, 5.41) is 5.25. The molecule has 0 spiro atoms. The molecule has 0 radical (unpaired) electrons. The summed E-state index contributed by atoms with van der Waals surface area (Å²) in [5.41, 5.74) is 1.70. The van der Waals surface area contributed by atoms with E-state index in [-0.39, 0.29) is 5.91 Å². The van der Waals surface area contributed by atoms with E-state index in [2.05, 4.69) is 38.4 Å². The summed E-state index contributed by atoms with van der Waals surface area (Å²) in [4.78, 5) is 24.7. The third kappa shape index (κ3) is 3.83. The molecule has 7 heteroatoms. The number of anilines is 1. The van der Waals surface area contributed by atoms with Crippen LogP contribution in [0.1, 0.15) is 32.1 Å².